The van der Waals surface area contributed by atoms with Crippen LogP contribution in [0.4, 0.5) is 4.39 Å². The van der Waals surface area contributed by atoms with Gasteiger partial charge in [0.1, 0.15) is 5.82 Å². The largest absolute Gasteiger partial charge is 0.320 e. The van der Waals surface area contributed by atoms with E-state index in [1.807, 2.05) is 39.0 Å². The van der Waals surface area contributed by atoms with Crippen molar-refractivity contribution in [1.29, 1.82) is 0 Å². The maximum Gasteiger partial charge on any atom is 0.123 e. The van der Waals surface area contributed by atoms with Crippen molar-refractivity contribution in [1.82, 2.24) is 0 Å². The second-order valence-electron chi connectivity index (χ2n) is 4.93. The van der Waals surface area contributed by atoms with Crippen LogP contribution < -0.4 is 5.73 Å². The molecule has 0 aliphatic heterocycles. The zero-order chi connectivity index (χ0) is 14.2. The molecule has 1 unspecified atom stereocenters. The van der Waals surface area contributed by atoms with Crippen LogP contribution in [0.3, 0.4) is 0 Å². The van der Waals surface area contributed by atoms with Crippen LogP contribution in [0.1, 0.15) is 33.9 Å². The molecule has 2 aromatic carbocycles. The second-order valence-corrected chi connectivity index (χ2v) is 5.85. The van der Waals surface area contributed by atoms with Crippen LogP contribution in [-0.4, -0.2) is 0 Å². The van der Waals surface area contributed by atoms with Crippen molar-refractivity contribution in [2.45, 2.75) is 26.8 Å². The predicted molar refractivity (Wildman–Crippen MR) is 80.8 cm³/mol. The fourth-order valence-electron chi connectivity index (χ4n) is 2.51. The molecule has 0 spiro atoms. The van der Waals surface area contributed by atoms with Crippen LogP contribution in [0.15, 0.2) is 34.8 Å². The van der Waals surface area contributed by atoms with Crippen molar-refractivity contribution in [3.63, 3.8) is 0 Å². The molecule has 0 fully saturated rings. The summed E-state index contributed by atoms with van der Waals surface area (Å²) in [7, 11) is 0. The van der Waals surface area contributed by atoms with E-state index < -0.39 is 0 Å². The third-order valence-corrected chi connectivity index (χ3v) is 3.94. The maximum absolute atomic E-state index is 13.4. The van der Waals surface area contributed by atoms with E-state index in [0.717, 1.165) is 32.3 Å². The first-order chi connectivity index (χ1) is 8.90. The van der Waals surface area contributed by atoms with Crippen molar-refractivity contribution in [3.8, 4) is 0 Å². The molecule has 0 aromatic heterocycles. The molecule has 0 bridgehead atoms. The zero-order valence-electron chi connectivity index (χ0n) is 11.3. The average Bonchev–Trinajstić information content (AvgIpc) is 2.30. The summed E-state index contributed by atoms with van der Waals surface area (Å²) >= 11 is 3.47. The highest BCUT2D eigenvalue weighted by atomic mass is 79.9. The molecule has 2 N–H and O–H groups in total. The fraction of sp³-hybridized carbons (Fsp3) is 0.250. The normalized spacial score (nSPS) is 12.5. The third-order valence-electron chi connectivity index (χ3n) is 3.45. The van der Waals surface area contributed by atoms with Gasteiger partial charge in [0.15, 0.2) is 0 Å². The van der Waals surface area contributed by atoms with E-state index in [2.05, 4.69) is 15.9 Å². The van der Waals surface area contributed by atoms with E-state index in [1.54, 1.807) is 0 Å². The first kappa shape index (κ1) is 14.2. The van der Waals surface area contributed by atoms with Gasteiger partial charge >= 0.3 is 0 Å². The standard InChI is InChI=1S/C16H17BrFN/c1-9-4-5-12(17)8-14(9)16(19)15-10(2)6-13(18)7-11(15)3/h4-8,16H,19H2,1-3H3. The summed E-state index contributed by atoms with van der Waals surface area (Å²) in [5.41, 5.74) is 11.4. The van der Waals surface area contributed by atoms with Crippen molar-refractivity contribution >= 4 is 15.9 Å². The van der Waals surface area contributed by atoms with Crippen LogP contribution in [0.25, 0.3) is 0 Å². The van der Waals surface area contributed by atoms with Crippen LogP contribution >= 0.6 is 15.9 Å². The Hall–Kier alpha value is -1.19. The van der Waals surface area contributed by atoms with Gasteiger partial charge in [-0.25, -0.2) is 4.39 Å². The molecule has 2 aromatic rings. The summed E-state index contributed by atoms with van der Waals surface area (Å²) in [6.45, 7) is 5.84. The molecule has 0 heterocycles. The van der Waals surface area contributed by atoms with Gasteiger partial charge in [0, 0.05) is 4.47 Å². The molecule has 0 aliphatic rings. The molecule has 100 valence electrons. The number of benzene rings is 2. The summed E-state index contributed by atoms with van der Waals surface area (Å²) in [6.07, 6.45) is 0. The lowest BCUT2D eigenvalue weighted by Crippen LogP contribution is -2.16. The summed E-state index contributed by atoms with van der Waals surface area (Å²) in [5.74, 6) is -0.211. The van der Waals surface area contributed by atoms with Gasteiger partial charge in [-0.3, -0.25) is 0 Å². The molecule has 19 heavy (non-hydrogen) atoms. The van der Waals surface area contributed by atoms with Gasteiger partial charge in [0.05, 0.1) is 6.04 Å². The molecular weight excluding hydrogens is 305 g/mol. The Kier molecular flexibility index (Phi) is 4.07. The van der Waals surface area contributed by atoms with E-state index in [9.17, 15) is 4.39 Å². The zero-order valence-corrected chi connectivity index (χ0v) is 12.9. The van der Waals surface area contributed by atoms with E-state index in [-0.39, 0.29) is 11.9 Å². The van der Waals surface area contributed by atoms with Gasteiger partial charge < -0.3 is 5.73 Å². The van der Waals surface area contributed by atoms with E-state index in [0.29, 0.717) is 0 Å². The predicted octanol–water partition coefficient (Wildman–Crippen LogP) is 4.56. The molecule has 0 saturated heterocycles. The first-order valence-corrected chi connectivity index (χ1v) is 6.97. The fourth-order valence-corrected chi connectivity index (χ4v) is 2.89. The Morgan fingerprint density at radius 2 is 1.58 bits per heavy atom. The Morgan fingerprint density at radius 3 is 2.16 bits per heavy atom. The number of rotatable bonds is 2. The Balaban J connectivity index is 2.56. The monoisotopic (exact) mass is 321 g/mol. The van der Waals surface area contributed by atoms with Crippen molar-refractivity contribution in [2.75, 3.05) is 0 Å². The minimum atomic E-state index is -0.238. The molecule has 0 radical (unpaired) electrons. The number of aryl methyl sites for hydroxylation is 3. The molecule has 0 amide bonds. The highest BCUT2D eigenvalue weighted by Gasteiger charge is 2.17. The minimum absolute atomic E-state index is 0.211. The molecule has 2 rings (SSSR count). The smallest absolute Gasteiger partial charge is 0.123 e. The van der Waals surface area contributed by atoms with Crippen LogP contribution in [0.2, 0.25) is 0 Å². The van der Waals surface area contributed by atoms with Gasteiger partial charge in [-0.1, -0.05) is 22.0 Å². The van der Waals surface area contributed by atoms with Crippen LogP contribution in [0.5, 0.6) is 0 Å². The SMILES string of the molecule is Cc1ccc(Br)cc1C(N)c1c(C)cc(F)cc1C. The molecular formula is C16H17BrFN. The summed E-state index contributed by atoms with van der Waals surface area (Å²) in [4.78, 5) is 0. The molecule has 1 atom stereocenters. The Labute approximate surface area is 121 Å². The highest BCUT2D eigenvalue weighted by molar-refractivity contribution is 9.10. The highest BCUT2D eigenvalue weighted by Crippen LogP contribution is 2.30. The van der Waals surface area contributed by atoms with E-state index in [1.165, 1.54) is 12.1 Å². The lowest BCUT2D eigenvalue weighted by Gasteiger charge is -2.20. The summed E-state index contributed by atoms with van der Waals surface area (Å²) < 4.78 is 14.4. The van der Waals surface area contributed by atoms with E-state index >= 15 is 0 Å². The van der Waals surface area contributed by atoms with E-state index in [4.69, 9.17) is 5.73 Å². The first-order valence-electron chi connectivity index (χ1n) is 6.18. The molecule has 3 heteroatoms. The number of nitrogens with two attached hydrogens (primary N) is 1. The van der Waals surface area contributed by atoms with Crippen molar-refractivity contribution < 1.29 is 4.39 Å². The lowest BCUT2D eigenvalue weighted by molar-refractivity contribution is 0.623. The third kappa shape index (κ3) is 2.88. The number of halogens is 2. The second kappa shape index (κ2) is 5.43. The lowest BCUT2D eigenvalue weighted by atomic mass is 9.90. The van der Waals surface area contributed by atoms with Gasteiger partial charge in [-0.2, -0.15) is 0 Å². The number of hydrogen-bond acceptors (Lipinski definition) is 1. The maximum atomic E-state index is 13.4. The van der Waals surface area contributed by atoms with Crippen molar-refractivity contribution in [2.24, 2.45) is 5.73 Å². The van der Waals surface area contributed by atoms with Crippen LogP contribution in [0, 0.1) is 26.6 Å². The van der Waals surface area contributed by atoms with Crippen molar-refractivity contribution in [3.05, 3.63) is 68.4 Å². The van der Waals surface area contributed by atoms with Gasteiger partial charge in [0.25, 0.3) is 0 Å². The van der Waals surface area contributed by atoms with Gasteiger partial charge in [-0.15, -0.1) is 0 Å². The quantitative estimate of drug-likeness (QED) is 0.862. The van der Waals surface area contributed by atoms with Gasteiger partial charge in [0.2, 0.25) is 0 Å². The average molecular weight is 322 g/mol. The summed E-state index contributed by atoms with van der Waals surface area (Å²) in [5, 5.41) is 0. The molecule has 1 nitrogen and oxygen atoms in total. The minimum Gasteiger partial charge on any atom is -0.320 e. The summed E-state index contributed by atoms with van der Waals surface area (Å²) in [6, 6.07) is 8.90. The molecule has 0 saturated carbocycles. The van der Waals surface area contributed by atoms with Crippen LogP contribution in [-0.2, 0) is 0 Å². The molecule has 0 aliphatic carbocycles. The Bertz CT molecular complexity index is 599. The topological polar surface area (TPSA) is 26.0 Å². The number of hydrogen-bond donors (Lipinski definition) is 1. The Morgan fingerprint density at radius 1 is 1.00 bits per heavy atom. The van der Waals surface area contributed by atoms with Gasteiger partial charge in [-0.05, 0) is 72.9 Å².